The topological polar surface area (TPSA) is 78.4 Å². The number of rotatable bonds is 5. The zero-order valence-electron chi connectivity index (χ0n) is 13.1. The van der Waals surface area contributed by atoms with Gasteiger partial charge in [0.2, 0.25) is 0 Å². The van der Waals surface area contributed by atoms with Gasteiger partial charge in [0.05, 0.1) is 6.10 Å². The van der Waals surface area contributed by atoms with E-state index in [9.17, 15) is 14.7 Å². The molecule has 0 heterocycles. The van der Waals surface area contributed by atoms with Gasteiger partial charge in [0, 0.05) is 12.2 Å². The summed E-state index contributed by atoms with van der Waals surface area (Å²) in [6, 6.07) is 5.58. The third-order valence-electron chi connectivity index (χ3n) is 2.93. The fraction of sp³-hybridized carbons (Fsp3) is 0.500. The van der Waals surface area contributed by atoms with Crippen LogP contribution in [0, 0.1) is 19.8 Å². The van der Waals surface area contributed by atoms with Gasteiger partial charge in [-0.3, -0.25) is 9.59 Å². The number of benzene rings is 1. The SMILES string of the molecule is Cc1cc(C)cc(NC(=O)C(=O)NCC(O)CC(C)C)c1. The third-order valence-corrected chi connectivity index (χ3v) is 2.93. The van der Waals surface area contributed by atoms with Gasteiger partial charge in [-0.2, -0.15) is 0 Å². The molecule has 5 nitrogen and oxygen atoms in total. The summed E-state index contributed by atoms with van der Waals surface area (Å²) in [5, 5.41) is 14.7. The van der Waals surface area contributed by atoms with Crippen molar-refractivity contribution in [2.75, 3.05) is 11.9 Å². The highest BCUT2D eigenvalue weighted by molar-refractivity contribution is 6.39. The summed E-state index contributed by atoms with van der Waals surface area (Å²) in [5.41, 5.74) is 2.62. The van der Waals surface area contributed by atoms with E-state index >= 15 is 0 Å². The van der Waals surface area contributed by atoms with Gasteiger partial charge < -0.3 is 15.7 Å². The predicted octanol–water partition coefficient (Wildman–Crippen LogP) is 1.77. The van der Waals surface area contributed by atoms with Crippen LogP contribution in [0.1, 0.15) is 31.4 Å². The molecule has 0 fully saturated rings. The summed E-state index contributed by atoms with van der Waals surface area (Å²) < 4.78 is 0. The lowest BCUT2D eigenvalue weighted by Gasteiger charge is -2.13. The van der Waals surface area contributed by atoms with E-state index in [1.165, 1.54) is 0 Å². The molecule has 21 heavy (non-hydrogen) atoms. The van der Waals surface area contributed by atoms with E-state index in [1.54, 1.807) is 12.1 Å². The molecule has 0 saturated carbocycles. The Morgan fingerprint density at radius 2 is 1.67 bits per heavy atom. The molecule has 0 saturated heterocycles. The summed E-state index contributed by atoms with van der Waals surface area (Å²) >= 11 is 0. The fourth-order valence-electron chi connectivity index (χ4n) is 2.15. The van der Waals surface area contributed by atoms with Crippen molar-refractivity contribution in [3.05, 3.63) is 29.3 Å². The molecule has 0 aliphatic heterocycles. The molecule has 3 N–H and O–H groups in total. The van der Waals surface area contributed by atoms with E-state index in [0.29, 0.717) is 18.0 Å². The third kappa shape index (κ3) is 6.40. The molecular formula is C16H24N2O3. The van der Waals surface area contributed by atoms with E-state index < -0.39 is 17.9 Å². The van der Waals surface area contributed by atoms with Crippen LogP contribution in [-0.2, 0) is 9.59 Å². The van der Waals surface area contributed by atoms with Gasteiger partial charge in [0.25, 0.3) is 0 Å². The summed E-state index contributed by atoms with van der Waals surface area (Å²) in [5.74, 6) is -1.13. The number of nitrogens with one attached hydrogen (secondary N) is 2. The van der Waals surface area contributed by atoms with Crippen molar-refractivity contribution in [3.63, 3.8) is 0 Å². The van der Waals surface area contributed by atoms with Crippen LogP contribution in [-0.4, -0.2) is 29.6 Å². The Labute approximate surface area is 125 Å². The van der Waals surface area contributed by atoms with Gasteiger partial charge in [-0.25, -0.2) is 0 Å². The molecule has 5 heteroatoms. The molecule has 0 bridgehead atoms. The molecular weight excluding hydrogens is 268 g/mol. The lowest BCUT2D eigenvalue weighted by Crippen LogP contribution is -2.39. The largest absolute Gasteiger partial charge is 0.391 e. The van der Waals surface area contributed by atoms with E-state index in [4.69, 9.17) is 0 Å². The lowest BCUT2D eigenvalue weighted by atomic mass is 10.1. The van der Waals surface area contributed by atoms with Gasteiger partial charge in [-0.1, -0.05) is 19.9 Å². The first-order chi connectivity index (χ1) is 9.77. The summed E-state index contributed by atoms with van der Waals surface area (Å²) in [7, 11) is 0. The number of aliphatic hydroxyl groups is 1. The summed E-state index contributed by atoms with van der Waals surface area (Å²) in [6.45, 7) is 7.89. The Kier molecular flexibility index (Phi) is 6.37. The van der Waals surface area contributed by atoms with E-state index in [1.807, 2.05) is 33.8 Å². The van der Waals surface area contributed by atoms with Crippen molar-refractivity contribution in [3.8, 4) is 0 Å². The molecule has 116 valence electrons. The number of carbonyl (C=O) groups is 2. The maximum atomic E-state index is 11.8. The van der Waals surface area contributed by atoms with Gasteiger partial charge in [0.15, 0.2) is 0 Å². The van der Waals surface area contributed by atoms with Crippen molar-refractivity contribution >= 4 is 17.5 Å². The van der Waals surface area contributed by atoms with Gasteiger partial charge in [0.1, 0.15) is 0 Å². The van der Waals surface area contributed by atoms with E-state index in [0.717, 1.165) is 11.1 Å². The molecule has 0 radical (unpaired) electrons. The molecule has 0 spiro atoms. The zero-order valence-corrected chi connectivity index (χ0v) is 13.1. The first-order valence-electron chi connectivity index (χ1n) is 7.13. The summed E-state index contributed by atoms with van der Waals surface area (Å²) in [4.78, 5) is 23.4. The van der Waals surface area contributed by atoms with E-state index in [-0.39, 0.29) is 6.54 Å². The maximum Gasteiger partial charge on any atom is 0.313 e. The molecule has 1 atom stereocenters. The molecule has 1 aromatic carbocycles. The molecule has 1 unspecified atom stereocenters. The van der Waals surface area contributed by atoms with Crippen LogP contribution in [0.15, 0.2) is 18.2 Å². The average molecular weight is 292 g/mol. The first kappa shape index (κ1) is 17.2. The second-order valence-corrected chi connectivity index (χ2v) is 5.82. The molecule has 1 rings (SSSR count). The van der Waals surface area contributed by atoms with Crippen LogP contribution >= 0.6 is 0 Å². The van der Waals surface area contributed by atoms with Gasteiger partial charge in [-0.05, 0) is 49.4 Å². The Morgan fingerprint density at radius 1 is 1.10 bits per heavy atom. The Morgan fingerprint density at radius 3 is 2.19 bits per heavy atom. The lowest BCUT2D eigenvalue weighted by molar-refractivity contribution is -0.136. The van der Waals surface area contributed by atoms with Gasteiger partial charge >= 0.3 is 11.8 Å². The Bertz CT molecular complexity index is 492. The standard InChI is InChI=1S/C16H24N2O3/c1-10(2)5-14(19)9-17-15(20)16(21)18-13-7-11(3)6-12(4)8-13/h6-8,10,14,19H,5,9H2,1-4H3,(H,17,20)(H,18,21). The highest BCUT2D eigenvalue weighted by Gasteiger charge is 2.15. The predicted molar refractivity (Wildman–Crippen MR) is 83.0 cm³/mol. The van der Waals surface area contributed by atoms with Crippen molar-refractivity contribution in [1.82, 2.24) is 5.32 Å². The molecule has 2 amide bonds. The summed E-state index contributed by atoms with van der Waals surface area (Å²) in [6.07, 6.45) is -0.0538. The minimum Gasteiger partial charge on any atom is -0.391 e. The number of amides is 2. The van der Waals surface area contributed by atoms with Crippen molar-refractivity contribution < 1.29 is 14.7 Å². The second kappa shape index (κ2) is 7.78. The number of carbonyl (C=O) groups excluding carboxylic acids is 2. The van der Waals surface area contributed by atoms with Crippen LogP contribution in [0.5, 0.6) is 0 Å². The van der Waals surface area contributed by atoms with Crippen LogP contribution in [0.4, 0.5) is 5.69 Å². The van der Waals surface area contributed by atoms with Crippen LogP contribution in [0.3, 0.4) is 0 Å². The number of hydrogen-bond donors (Lipinski definition) is 3. The monoisotopic (exact) mass is 292 g/mol. The maximum absolute atomic E-state index is 11.8. The number of aryl methyl sites for hydroxylation is 2. The fourth-order valence-corrected chi connectivity index (χ4v) is 2.15. The Balaban J connectivity index is 2.49. The molecule has 0 aliphatic rings. The number of anilines is 1. The van der Waals surface area contributed by atoms with E-state index in [2.05, 4.69) is 10.6 Å². The number of aliphatic hydroxyl groups excluding tert-OH is 1. The van der Waals surface area contributed by atoms with Crippen molar-refractivity contribution in [2.24, 2.45) is 5.92 Å². The molecule has 0 aromatic heterocycles. The molecule has 1 aromatic rings. The number of hydrogen-bond acceptors (Lipinski definition) is 3. The highest BCUT2D eigenvalue weighted by atomic mass is 16.3. The van der Waals surface area contributed by atoms with Crippen molar-refractivity contribution in [1.29, 1.82) is 0 Å². The van der Waals surface area contributed by atoms with Gasteiger partial charge in [-0.15, -0.1) is 0 Å². The normalized spacial score (nSPS) is 12.1. The minimum absolute atomic E-state index is 0.0806. The quantitative estimate of drug-likeness (QED) is 0.724. The molecule has 0 aliphatic carbocycles. The minimum atomic E-state index is -0.739. The van der Waals surface area contributed by atoms with Crippen LogP contribution in [0.25, 0.3) is 0 Å². The first-order valence-corrected chi connectivity index (χ1v) is 7.13. The smallest absolute Gasteiger partial charge is 0.313 e. The van der Waals surface area contributed by atoms with Crippen LogP contribution in [0.2, 0.25) is 0 Å². The Hall–Kier alpha value is -1.88. The van der Waals surface area contributed by atoms with Crippen LogP contribution < -0.4 is 10.6 Å². The second-order valence-electron chi connectivity index (χ2n) is 5.82. The average Bonchev–Trinajstić information content (AvgIpc) is 2.33. The zero-order chi connectivity index (χ0) is 16.0. The van der Waals surface area contributed by atoms with Crippen molar-refractivity contribution in [2.45, 2.75) is 40.2 Å². The highest BCUT2D eigenvalue weighted by Crippen LogP contribution is 2.13.